The quantitative estimate of drug-likeness (QED) is 0.733. The van der Waals surface area contributed by atoms with Crippen LogP contribution in [0.3, 0.4) is 0 Å². The average molecular weight is 240 g/mol. The molecule has 17 heavy (non-hydrogen) atoms. The molecular weight excluding hydrogens is 216 g/mol. The van der Waals surface area contributed by atoms with E-state index < -0.39 is 0 Å². The summed E-state index contributed by atoms with van der Waals surface area (Å²) in [5.74, 6) is 0.179. The van der Waals surface area contributed by atoms with Crippen LogP contribution < -0.4 is 10.6 Å². The Balaban J connectivity index is 1.48. The van der Waals surface area contributed by atoms with Gasteiger partial charge in [0, 0.05) is 25.6 Å². The van der Waals surface area contributed by atoms with E-state index in [-0.39, 0.29) is 5.91 Å². The molecule has 0 spiro atoms. The molecule has 2 heterocycles. The van der Waals surface area contributed by atoms with Gasteiger partial charge in [-0.1, -0.05) is 0 Å². The standard InChI is InChI=1S/C13H24N2O2/c16-13(6-5-12-4-2-10-17-12)15-9-7-11-3-1-8-14-11/h11-12,14H,1-10H2,(H,15,16)/t11-,12?/m1/s1. The average Bonchev–Trinajstić information content (AvgIpc) is 2.99. The van der Waals surface area contributed by atoms with Crippen LogP contribution in [0.4, 0.5) is 0 Å². The summed E-state index contributed by atoms with van der Waals surface area (Å²) in [6.45, 7) is 2.82. The molecule has 0 aliphatic carbocycles. The fourth-order valence-corrected chi connectivity index (χ4v) is 2.64. The maximum atomic E-state index is 11.6. The smallest absolute Gasteiger partial charge is 0.220 e. The minimum absolute atomic E-state index is 0.179. The summed E-state index contributed by atoms with van der Waals surface area (Å²) >= 11 is 0. The van der Waals surface area contributed by atoms with Crippen LogP contribution in [0.5, 0.6) is 0 Å². The summed E-state index contributed by atoms with van der Waals surface area (Å²) in [6, 6.07) is 0.619. The lowest BCUT2D eigenvalue weighted by atomic mass is 10.1. The first-order valence-electron chi connectivity index (χ1n) is 6.96. The molecule has 0 saturated carbocycles. The summed E-state index contributed by atoms with van der Waals surface area (Å²) < 4.78 is 5.50. The monoisotopic (exact) mass is 240 g/mol. The second-order valence-corrected chi connectivity index (χ2v) is 5.11. The zero-order valence-corrected chi connectivity index (χ0v) is 10.5. The fraction of sp³-hybridized carbons (Fsp3) is 0.923. The van der Waals surface area contributed by atoms with Crippen molar-refractivity contribution in [1.82, 2.24) is 10.6 Å². The Morgan fingerprint density at radius 2 is 2.24 bits per heavy atom. The Morgan fingerprint density at radius 1 is 1.29 bits per heavy atom. The lowest BCUT2D eigenvalue weighted by molar-refractivity contribution is -0.121. The first kappa shape index (κ1) is 12.8. The van der Waals surface area contributed by atoms with Crippen molar-refractivity contribution in [3.05, 3.63) is 0 Å². The normalized spacial score (nSPS) is 28.5. The highest BCUT2D eigenvalue weighted by atomic mass is 16.5. The molecule has 0 radical (unpaired) electrons. The van der Waals surface area contributed by atoms with Gasteiger partial charge in [0.2, 0.25) is 5.91 Å². The fourth-order valence-electron chi connectivity index (χ4n) is 2.64. The maximum Gasteiger partial charge on any atom is 0.220 e. The maximum absolute atomic E-state index is 11.6. The summed E-state index contributed by atoms with van der Waals surface area (Å²) in [6.07, 6.45) is 7.70. The van der Waals surface area contributed by atoms with Crippen molar-refractivity contribution in [2.75, 3.05) is 19.7 Å². The van der Waals surface area contributed by atoms with Crippen molar-refractivity contribution < 1.29 is 9.53 Å². The van der Waals surface area contributed by atoms with Crippen LogP contribution in [0.25, 0.3) is 0 Å². The van der Waals surface area contributed by atoms with E-state index in [1.165, 1.54) is 12.8 Å². The van der Waals surface area contributed by atoms with Gasteiger partial charge in [-0.3, -0.25) is 4.79 Å². The molecule has 1 unspecified atom stereocenters. The number of nitrogens with one attached hydrogen (secondary N) is 2. The van der Waals surface area contributed by atoms with E-state index >= 15 is 0 Å². The van der Waals surface area contributed by atoms with E-state index in [9.17, 15) is 4.79 Å². The molecule has 0 bridgehead atoms. The number of carbonyl (C=O) groups excluding carboxylic acids is 1. The van der Waals surface area contributed by atoms with Gasteiger partial charge in [-0.05, 0) is 45.1 Å². The molecule has 1 amide bonds. The molecule has 2 N–H and O–H groups in total. The van der Waals surface area contributed by atoms with E-state index in [1.54, 1.807) is 0 Å². The van der Waals surface area contributed by atoms with Gasteiger partial charge in [-0.15, -0.1) is 0 Å². The molecule has 2 rings (SSSR count). The van der Waals surface area contributed by atoms with Gasteiger partial charge in [0.15, 0.2) is 0 Å². The molecule has 0 aromatic heterocycles. The highest BCUT2D eigenvalue weighted by Crippen LogP contribution is 2.16. The van der Waals surface area contributed by atoms with Gasteiger partial charge in [0.1, 0.15) is 0 Å². The van der Waals surface area contributed by atoms with Crippen LogP contribution in [-0.4, -0.2) is 37.7 Å². The Kier molecular flexibility index (Phi) is 5.26. The molecule has 2 saturated heterocycles. The first-order valence-corrected chi connectivity index (χ1v) is 6.96. The van der Waals surface area contributed by atoms with Crippen LogP contribution >= 0.6 is 0 Å². The van der Waals surface area contributed by atoms with Crippen molar-refractivity contribution >= 4 is 5.91 Å². The third kappa shape index (κ3) is 4.64. The third-order valence-corrected chi connectivity index (χ3v) is 3.69. The minimum Gasteiger partial charge on any atom is -0.378 e. The molecular formula is C13H24N2O2. The lowest BCUT2D eigenvalue weighted by Crippen LogP contribution is -2.30. The van der Waals surface area contributed by atoms with Gasteiger partial charge in [0.25, 0.3) is 0 Å². The van der Waals surface area contributed by atoms with E-state index in [2.05, 4.69) is 10.6 Å². The first-order chi connectivity index (χ1) is 8.34. The van der Waals surface area contributed by atoms with Gasteiger partial charge < -0.3 is 15.4 Å². The largest absolute Gasteiger partial charge is 0.378 e. The zero-order valence-electron chi connectivity index (χ0n) is 10.5. The van der Waals surface area contributed by atoms with Crippen molar-refractivity contribution in [3.8, 4) is 0 Å². The van der Waals surface area contributed by atoms with Crippen LogP contribution in [0.2, 0.25) is 0 Å². The highest BCUT2D eigenvalue weighted by molar-refractivity contribution is 5.75. The molecule has 0 aromatic rings. The molecule has 0 aromatic carbocycles. The number of rotatable bonds is 6. The Bertz CT molecular complexity index is 234. The van der Waals surface area contributed by atoms with E-state index in [4.69, 9.17) is 4.74 Å². The molecule has 4 heteroatoms. The minimum atomic E-state index is 0.179. The van der Waals surface area contributed by atoms with E-state index in [0.717, 1.165) is 45.4 Å². The summed E-state index contributed by atoms with van der Waals surface area (Å²) in [7, 11) is 0. The zero-order chi connectivity index (χ0) is 11.9. The van der Waals surface area contributed by atoms with Crippen LogP contribution in [0.1, 0.15) is 44.9 Å². The van der Waals surface area contributed by atoms with Crippen molar-refractivity contribution in [2.45, 2.75) is 57.1 Å². The van der Waals surface area contributed by atoms with Crippen molar-refractivity contribution in [3.63, 3.8) is 0 Å². The van der Waals surface area contributed by atoms with Crippen molar-refractivity contribution in [2.24, 2.45) is 0 Å². The lowest BCUT2D eigenvalue weighted by Gasteiger charge is -2.12. The molecule has 2 fully saturated rings. The highest BCUT2D eigenvalue weighted by Gasteiger charge is 2.17. The Hall–Kier alpha value is -0.610. The Morgan fingerprint density at radius 3 is 2.94 bits per heavy atom. The number of hydrogen-bond donors (Lipinski definition) is 2. The number of hydrogen-bond acceptors (Lipinski definition) is 3. The van der Waals surface area contributed by atoms with Gasteiger partial charge in [-0.2, -0.15) is 0 Å². The second-order valence-electron chi connectivity index (χ2n) is 5.11. The van der Waals surface area contributed by atoms with E-state index in [0.29, 0.717) is 18.6 Å². The summed E-state index contributed by atoms with van der Waals surface area (Å²) in [4.78, 5) is 11.6. The predicted molar refractivity (Wildman–Crippen MR) is 66.9 cm³/mol. The van der Waals surface area contributed by atoms with Crippen LogP contribution in [-0.2, 0) is 9.53 Å². The Labute approximate surface area is 103 Å². The topological polar surface area (TPSA) is 50.4 Å². The second kappa shape index (κ2) is 6.97. The van der Waals surface area contributed by atoms with Gasteiger partial charge in [0.05, 0.1) is 6.10 Å². The molecule has 4 nitrogen and oxygen atoms in total. The molecule has 2 atom stereocenters. The molecule has 2 aliphatic rings. The number of ether oxygens (including phenoxy) is 1. The van der Waals surface area contributed by atoms with Gasteiger partial charge in [-0.25, -0.2) is 0 Å². The molecule has 2 aliphatic heterocycles. The number of carbonyl (C=O) groups is 1. The van der Waals surface area contributed by atoms with Crippen molar-refractivity contribution in [1.29, 1.82) is 0 Å². The van der Waals surface area contributed by atoms with E-state index in [1.807, 2.05) is 0 Å². The number of amides is 1. The third-order valence-electron chi connectivity index (χ3n) is 3.69. The summed E-state index contributed by atoms with van der Waals surface area (Å²) in [5.41, 5.74) is 0. The van der Waals surface area contributed by atoms with Gasteiger partial charge >= 0.3 is 0 Å². The molecule has 98 valence electrons. The van der Waals surface area contributed by atoms with Crippen LogP contribution in [0, 0.1) is 0 Å². The SMILES string of the molecule is O=C(CCC1CCCO1)NCC[C@H]1CCCN1. The summed E-state index contributed by atoms with van der Waals surface area (Å²) in [5, 5.41) is 6.43. The van der Waals surface area contributed by atoms with Crippen LogP contribution in [0.15, 0.2) is 0 Å². The predicted octanol–water partition coefficient (Wildman–Crippen LogP) is 1.20.